The molecule has 0 saturated heterocycles. The molecule has 0 aromatic carbocycles. The number of hydrogen-bond acceptors (Lipinski definition) is 5. The lowest BCUT2D eigenvalue weighted by Gasteiger charge is -2.32. The number of halogens is 3. The van der Waals surface area contributed by atoms with Gasteiger partial charge in [0, 0.05) is 0 Å². The number of carbonyl (C=O) groups is 1. The summed E-state index contributed by atoms with van der Waals surface area (Å²) in [7, 11) is 0. The van der Waals surface area contributed by atoms with E-state index in [2.05, 4.69) is 0 Å². The van der Waals surface area contributed by atoms with Gasteiger partial charge in [0.05, 0.1) is 25.2 Å². The lowest BCUT2D eigenvalue weighted by molar-refractivity contribution is -0.143. The van der Waals surface area contributed by atoms with Crippen LogP contribution < -0.4 is 0 Å². The third kappa shape index (κ3) is 3.42. The number of hydrogen-bond donors (Lipinski definition) is 4. The van der Waals surface area contributed by atoms with E-state index in [1.807, 2.05) is 0 Å². The molecule has 8 heteroatoms. The summed E-state index contributed by atoms with van der Waals surface area (Å²) in [6.45, 7) is -2.48. The fourth-order valence-corrected chi connectivity index (χ4v) is 1.15. The van der Waals surface area contributed by atoms with Crippen LogP contribution in [-0.2, 0) is 4.79 Å². The molecule has 0 aliphatic rings. The van der Waals surface area contributed by atoms with E-state index in [4.69, 9.17) is 50.1 Å². The van der Waals surface area contributed by atoms with E-state index in [1.165, 1.54) is 0 Å². The van der Waals surface area contributed by atoms with Crippen molar-refractivity contribution >= 4 is 40.6 Å². The van der Waals surface area contributed by atoms with Crippen molar-refractivity contribution < 1.29 is 25.2 Å². The molecular formula is C7H11Cl3O5. The predicted octanol–water partition coefficient (Wildman–Crippen LogP) is -0.750. The molecule has 0 aliphatic heterocycles. The quantitative estimate of drug-likeness (QED) is 0.497. The fourth-order valence-electron chi connectivity index (χ4n) is 0.843. The molecule has 0 heterocycles. The SMILES string of the molecule is O=C(C(O)C(CO)(CO)CO)C(Cl)(Cl)Cl. The van der Waals surface area contributed by atoms with Gasteiger partial charge in [0.15, 0.2) is 0 Å². The first-order valence-corrected chi connectivity index (χ1v) is 5.00. The summed E-state index contributed by atoms with van der Waals surface area (Å²) < 4.78 is -2.37. The van der Waals surface area contributed by atoms with E-state index in [9.17, 15) is 9.90 Å². The maximum absolute atomic E-state index is 11.3. The Morgan fingerprint density at radius 2 is 1.40 bits per heavy atom. The maximum atomic E-state index is 11.3. The molecule has 4 N–H and O–H groups in total. The molecule has 0 saturated carbocycles. The van der Waals surface area contributed by atoms with Crippen LogP contribution in [0.1, 0.15) is 0 Å². The number of ketones is 1. The van der Waals surface area contributed by atoms with Crippen LogP contribution in [0.25, 0.3) is 0 Å². The molecule has 5 nitrogen and oxygen atoms in total. The maximum Gasteiger partial charge on any atom is 0.251 e. The molecule has 0 radical (unpaired) electrons. The number of aliphatic hydroxyl groups is 4. The van der Waals surface area contributed by atoms with Crippen molar-refractivity contribution in [3.05, 3.63) is 0 Å². The Kier molecular flexibility index (Phi) is 5.77. The van der Waals surface area contributed by atoms with Gasteiger partial charge in [0.25, 0.3) is 3.79 Å². The summed E-state index contributed by atoms with van der Waals surface area (Å²) in [5.74, 6) is -1.22. The summed E-state index contributed by atoms with van der Waals surface area (Å²) >= 11 is 15.7. The molecule has 90 valence electrons. The monoisotopic (exact) mass is 280 g/mol. The predicted molar refractivity (Wildman–Crippen MR) is 55.0 cm³/mol. The number of Topliss-reactive ketones (excluding diaryl/α,β-unsaturated/α-hetero) is 1. The van der Waals surface area contributed by atoms with Crippen LogP contribution in [0.3, 0.4) is 0 Å². The van der Waals surface area contributed by atoms with Crippen LogP contribution in [0.15, 0.2) is 0 Å². The number of carbonyl (C=O) groups excluding carboxylic acids is 1. The summed E-state index contributed by atoms with van der Waals surface area (Å²) in [4.78, 5) is 11.3. The minimum atomic E-state index is -2.37. The molecule has 0 aromatic heterocycles. The summed E-state index contributed by atoms with van der Waals surface area (Å²) in [5, 5.41) is 36.2. The second kappa shape index (κ2) is 5.63. The third-order valence-electron chi connectivity index (χ3n) is 2.05. The van der Waals surface area contributed by atoms with Crippen molar-refractivity contribution in [3.63, 3.8) is 0 Å². The van der Waals surface area contributed by atoms with Crippen molar-refractivity contribution in [1.29, 1.82) is 0 Å². The molecule has 1 unspecified atom stereocenters. The van der Waals surface area contributed by atoms with Gasteiger partial charge in [0.2, 0.25) is 5.78 Å². The van der Waals surface area contributed by atoms with E-state index in [0.29, 0.717) is 0 Å². The summed E-state index contributed by atoms with van der Waals surface area (Å²) in [6.07, 6.45) is -1.97. The molecule has 0 aliphatic carbocycles. The van der Waals surface area contributed by atoms with Gasteiger partial charge in [-0.2, -0.15) is 0 Å². The van der Waals surface area contributed by atoms with Crippen LogP contribution in [0.2, 0.25) is 0 Å². The van der Waals surface area contributed by atoms with Gasteiger partial charge in [-0.05, 0) is 0 Å². The van der Waals surface area contributed by atoms with E-state index < -0.39 is 40.9 Å². The number of aliphatic hydroxyl groups excluding tert-OH is 4. The van der Waals surface area contributed by atoms with E-state index in [0.717, 1.165) is 0 Å². The third-order valence-corrected chi connectivity index (χ3v) is 2.61. The second-order valence-electron chi connectivity index (χ2n) is 3.10. The van der Waals surface area contributed by atoms with Gasteiger partial charge in [0.1, 0.15) is 6.10 Å². The Bertz CT molecular complexity index is 215. The van der Waals surface area contributed by atoms with Crippen molar-refractivity contribution in [1.82, 2.24) is 0 Å². The minimum absolute atomic E-state index is 0.826. The van der Waals surface area contributed by atoms with E-state index in [-0.39, 0.29) is 0 Å². The van der Waals surface area contributed by atoms with Crippen LogP contribution in [0, 0.1) is 5.41 Å². The van der Waals surface area contributed by atoms with Crippen molar-refractivity contribution in [2.45, 2.75) is 9.90 Å². The molecule has 0 rings (SSSR count). The Hall–Kier alpha value is 0.380. The fraction of sp³-hybridized carbons (Fsp3) is 0.857. The Balaban J connectivity index is 4.95. The minimum Gasteiger partial charge on any atom is -0.395 e. The average molecular weight is 282 g/mol. The molecule has 0 fully saturated rings. The van der Waals surface area contributed by atoms with E-state index >= 15 is 0 Å². The smallest absolute Gasteiger partial charge is 0.251 e. The molecule has 0 spiro atoms. The molecular weight excluding hydrogens is 270 g/mol. The van der Waals surface area contributed by atoms with Gasteiger partial charge >= 0.3 is 0 Å². The zero-order chi connectivity index (χ0) is 12.3. The van der Waals surface area contributed by atoms with Crippen molar-refractivity contribution in [3.8, 4) is 0 Å². The summed E-state index contributed by atoms with van der Waals surface area (Å²) in [5.41, 5.74) is -1.82. The zero-order valence-electron chi connectivity index (χ0n) is 7.53. The average Bonchev–Trinajstić information content (AvgIpc) is 2.18. The van der Waals surface area contributed by atoms with Crippen LogP contribution in [0.4, 0.5) is 0 Å². The highest BCUT2D eigenvalue weighted by molar-refractivity contribution is 6.76. The standard InChI is InChI=1S/C7H11Cl3O5/c8-7(9,10)5(15)4(14)6(1-11,2-12)3-13/h4,11-14H,1-3H2. The Morgan fingerprint density at radius 1 is 1.07 bits per heavy atom. The van der Waals surface area contributed by atoms with E-state index in [1.54, 1.807) is 0 Å². The molecule has 1 atom stereocenters. The van der Waals surface area contributed by atoms with Crippen molar-refractivity contribution in [2.75, 3.05) is 19.8 Å². The van der Waals surface area contributed by atoms with Crippen LogP contribution in [0.5, 0.6) is 0 Å². The van der Waals surface area contributed by atoms with Gasteiger partial charge in [-0.1, -0.05) is 34.8 Å². The van der Waals surface area contributed by atoms with Crippen LogP contribution >= 0.6 is 34.8 Å². The molecule has 0 amide bonds. The van der Waals surface area contributed by atoms with Gasteiger partial charge in [-0.15, -0.1) is 0 Å². The normalized spacial score (nSPS) is 15.1. The molecule has 0 aromatic rings. The first kappa shape index (κ1) is 15.4. The van der Waals surface area contributed by atoms with Crippen molar-refractivity contribution in [2.24, 2.45) is 5.41 Å². The number of alkyl halides is 3. The lowest BCUT2D eigenvalue weighted by Crippen LogP contribution is -2.52. The highest BCUT2D eigenvalue weighted by atomic mass is 35.6. The van der Waals surface area contributed by atoms with Gasteiger partial charge in [-0.25, -0.2) is 0 Å². The second-order valence-corrected chi connectivity index (χ2v) is 5.38. The largest absolute Gasteiger partial charge is 0.395 e. The van der Waals surface area contributed by atoms with Crippen LogP contribution in [-0.4, -0.2) is 55.9 Å². The topological polar surface area (TPSA) is 98.0 Å². The Labute approximate surface area is 101 Å². The van der Waals surface area contributed by atoms with Gasteiger partial charge in [-0.3, -0.25) is 4.79 Å². The lowest BCUT2D eigenvalue weighted by atomic mass is 9.82. The number of rotatable bonds is 5. The molecule has 15 heavy (non-hydrogen) atoms. The molecule has 0 bridgehead atoms. The van der Waals surface area contributed by atoms with Gasteiger partial charge < -0.3 is 20.4 Å². The first-order chi connectivity index (χ1) is 6.75. The highest BCUT2D eigenvalue weighted by Crippen LogP contribution is 2.33. The Morgan fingerprint density at radius 3 is 1.60 bits per heavy atom. The zero-order valence-corrected chi connectivity index (χ0v) is 9.80. The highest BCUT2D eigenvalue weighted by Gasteiger charge is 2.47. The summed E-state index contributed by atoms with van der Waals surface area (Å²) in [6, 6.07) is 0. The first-order valence-electron chi connectivity index (χ1n) is 3.87.